The smallest absolute Gasteiger partial charge is 0.271 e. The number of para-hydroxylation sites is 1. The van der Waals surface area contributed by atoms with Crippen molar-refractivity contribution in [2.75, 3.05) is 4.90 Å². The van der Waals surface area contributed by atoms with Crippen LogP contribution in [0, 0.1) is 18.6 Å². The monoisotopic (exact) mass is 433 g/mol. The number of carbonyl (C=O) groups is 1. The molecular formula is C19H14BrF2N3O2. The molecule has 0 radical (unpaired) electrons. The number of imidazole rings is 1. The molecule has 5 rings (SSSR count). The van der Waals surface area contributed by atoms with E-state index in [-0.39, 0.29) is 18.2 Å². The second-order valence-electron chi connectivity index (χ2n) is 6.92. The Morgan fingerprint density at radius 1 is 1.30 bits per heavy atom. The summed E-state index contributed by atoms with van der Waals surface area (Å²) in [6.45, 7) is 1.99. The van der Waals surface area contributed by atoms with Crippen molar-refractivity contribution in [1.29, 1.82) is 0 Å². The van der Waals surface area contributed by atoms with Crippen LogP contribution < -0.4 is 9.64 Å². The van der Waals surface area contributed by atoms with E-state index in [1.165, 1.54) is 12.1 Å². The number of hydrogen-bond acceptors (Lipinski definition) is 3. The highest BCUT2D eigenvalue weighted by Gasteiger charge is 2.58. The van der Waals surface area contributed by atoms with Crippen molar-refractivity contribution in [3.05, 3.63) is 58.0 Å². The number of amides is 1. The minimum Gasteiger partial charge on any atom is -0.472 e. The third kappa shape index (κ3) is 2.39. The lowest BCUT2D eigenvalue weighted by Crippen LogP contribution is -2.47. The van der Waals surface area contributed by atoms with Crippen LogP contribution in [0.5, 0.6) is 5.75 Å². The largest absolute Gasteiger partial charge is 0.472 e. The molecule has 8 heteroatoms. The lowest BCUT2D eigenvalue weighted by atomic mass is 10.1. The van der Waals surface area contributed by atoms with E-state index < -0.39 is 17.2 Å². The molecule has 5 nitrogen and oxygen atoms in total. The Morgan fingerprint density at radius 2 is 2.07 bits per heavy atom. The number of hydrogen-bond donors (Lipinski definition) is 0. The predicted octanol–water partition coefficient (Wildman–Crippen LogP) is 4.14. The van der Waals surface area contributed by atoms with Gasteiger partial charge in [-0.05, 0) is 35.0 Å². The summed E-state index contributed by atoms with van der Waals surface area (Å²) in [6, 6.07) is 5.87. The van der Waals surface area contributed by atoms with E-state index in [2.05, 4.69) is 20.9 Å². The number of carbonyl (C=O) groups excluding carboxylic acids is 1. The van der Waals surface area contributed by atoms with Crippen molar-refractivity contribution >= 4 is 33.2 Å². The summed E-state index contributed by atoms with van der Waals surface area (Å²) in [5.41, 5.74) is 1.29. The van der Waals surface area contributed by atoms with Crippen LogP contribution in [0.2, 0.25) is 0 Å². The molecule has 3 aromatic rings. The summed E-state index contributed by atoms with van der Waals surface area (Å²) >= 11 is 3.19. The first-order valence-electron chi connectivity index (χ1n) is 8.52. The molecule has 1 fully saturated rings. The third-order valence-corrected chi connectivity index (χ3v) is 5.73. The molecule has 1 aliphatic heterocycles. The molecule has 0 atom stereocenters. The number of rotatable bonds is 2. The van der Waals surface area contributed by atoms with E-state index in [4.69, 9.17) is 4.74 Å². The zero-order valence-electron chi connectivity index (χ0n) is 14.3. The Bertz CT molecular complexity index is 1120. The number of fused-ring (bicyclic) bond motifs is 2. The topological polar surface area (TPSA) is 46.8 Å². The fraction of sp³-hybridized carbons (Fsp3) is 0.263. The van der Waals surface area contributed by atoms with Gasteiger partial charge in [-0.3, -0.25) is 9.69 Å². The van der Waals surface area contributed by atoms with Crippen LogP contribution in [0.15, 0.2) is 34.9 Å². The minimum absolute atomic E-state index is 0.105. The van der Waals surface area contributed by atoms with Crippen molar-refractivity contribution in [3.63, 3.8) is 0 Å². The van der Waals surface area contributed by atoms with Gasteiger partial charge in [-0.15, -0.1) is 0 Å². The molecule has 0 N–H and O–H groups in total. The van der Waals surface area contributed by atoms with Crippen molar-refractivity contribution in [2.24, 2.45) is 0 Å². The molecule has 0 unspecified atom stereocenters. The fourth-order valence-corrected chi connectivity index (χ4v) is 3.86. The molecule has 2 aromatic heterocycles. The summed E-state index contributed by atoms with van der Waals surface area (Å²) in [6.07, 6.45) is 2.72. The quantitative estimate of drug-likeness (QED) is 0.609. The number of benzene rings is 1. The molecule has 3 heterocycles. The van der Waals surface area contributed by atoms with Gasteiger partial charge in [0.25, 0.3) is 5.91 Å². The Morgan fingerprint density at radius 3 is 2.81 bits per heavy atom. The summed E-state index contributed by atoms with van der Waals surface area (Å²) < 4.78 is 35.9. The molecular weight excluding hydrogens is 420 g/mol. The summed E-state index contributed by atoms with van der Waals surface area (Å²) in [4.78, 5) is 19.0. The lowest BCUT2D eigenvalue weighted by Gasteiger charge is -2.34. The van der Waals surface area contributed by atoms with Gasteiger partial charge in [0.15, 0.2) is 17.2 Å². The van der Waals surface area contributed by atoms with Crippen LogP contribution >= 0.6 is 15.9 Å². The number of halogens is 3. The fourth-order valence-electron chi connectivity index (χ4n) is 3.54. The first kappa shape index (κ1) is 16.7. The van der Waals surface area contributed by atoms with Gasteiger partial charge in [0.05, 0.1) is 28.1 Å². The number of nitrogens with zero attached hydrogens (tertiary/aromatic N) is 3. The van der Waals surface area contributed by atoms with Gasteiger partial charge in [0, 0.05) is 25.1 Å². The highest BCUT2D eigenvalue weighted by molar-refractivity contribution is 9.10. The molecule has 1 aromatic carbocycles. The maximum Gasteiger partial charge on any atom is 0.271 e. The third-order valence-electron chi connectivity index (χ3n) is 5.15. The van der Waals surface area contributed by atoms with Crippen LogP contribution in [0.1, 0.15) is 24.2 Å². The van der Waals surface area contributed by atoms with Gasteiger partial charge in [-0.1, -0.05) is 6.07 Å². The first-order chi connectivity index (χ1) is 12.9. The summed E-state index contributed by atoms with van der Waals surface area (Å²) in [5, 5.41) is 0. The van der Waals surface area contributed by atoms with Crippen molar-refractivity contribution < 1.29 is 18.3 Å². The van der Waals surface area contributed by atoms with E-state index in [0.717, 1.165) is 5.69 Å². The van der Waals surface area contributed by atoms with Gasteiger partial charge in [-0.2, -0.15) is 0 Å². The number of pyridine rings is 1. The van der Waals surface area contributed by atoms with Crippen molar-refractivity contribution in [3.8, 4) is 5.75 Å². The first-order valence-corrected chi connectivity index (χ1v) is 9.31. The zero-order valence-corrected chi connectivity index (χ0v) is 15.9. The lowest BCUT2D eigenvalue weighted by molar-refractivity contribution is -0.128. The van der Waals surface area contributed by atoms with Gasteiger partial charge in [-0.25, -0.2) is 13.8 Å². The average Bonchev–Trinajstić information content (AvgIpc) is 3.34. The Labute approximate surface area is 161 Å². The Balaban J connectivity index is 1.65. The maximum atomic E-state index is 14.3. The van der Waals surface area contributed by atoms with Gasteiger partial charge in [0.1, 0.15) is 11.5 Å². The van der Waals surface area contributed by atoms with E-state index >= 15 is 0 Å². The molecule has 1 spiro atoms. The molecule has 0 bridgehead atoms. The van der Waals surface area contributed by atoms with E-state index in [1.807, 2.05) is 0 Å². The SMILES string of the molecule is Cc1nc2cc(F)c(Br)cn2c1CN1C(=O)C2(CC2)Oc2c(F)cccc21. The van der Waals surface area contributed by atoms with Crippen LogP contribution in [0.25, 0.3) is 5.65 Å². The molecule has 1 saturated carbocycles. The molecule has 0 saturated heterocycles. The van der Waals surface area contributed by atoms with E-state index in [1.54, 1.807) is 34.6 Å². The number of aromatic nitrogens is 2. The van der Waals surface area contributed by atoms with Crippen LogP contribution in [0.4, 0.5) is 14.5 Å². The normalized spacial score (nSPS) is 17.3. The molecule has 138 valence electrons. The highest BCUT2D eigenvalue weighted by Crippen LogP contribution is 2.50. The van der Waals surface area contributed by atoms with E-state index in [0.29, 0.717) is 34.3 Å². The van der Waals surface area contributed by atoms with Crippen LogP contribution in [-0.2, 0) is 11.3 Å². The average molecular weight is 434 g/mol. The van der Waals surface area contributed by atoms with Crippen molar-refractivity contribution in [2.45, 2.75) is 31.9 Å². The second-order valence-corrected chi connectivity index (χ2v) is 7.77. The molecule has 27 heavy (non-hydrogen) atoms. The Kier molecular flexibility index (Phi) is 3.40. The van der Waals surface area contributed by atoms with Crippen LogP contribution in [-0.4, -0.2) is 20.9 Å². The van der Waals surface area contributed by atoms with Gasteiger partial charge in [0.2, 0.25) is 0 Å². The zero-order chi connectivity index (χ0) is 18.9. The standard InChI is InChI=1S/C19H14BrF2N3O2/c1-10-15(24-8-11(20)13(22)7-16(24)23-10)9-25-14-4-2-3-12(21)17(14)27-19(5-6-19)18(25)26/h2-4,7-8H,5-6,9H2,1H3. The number of anilines is 1. The highest BCUT2D eigenvalue weighted by atomic mass is 79.9. The van der Waals surface area contributed by atoms with Crippen molar-refractivity contribution in [1.82, 2.24) is 9.38 Å². The summed E-state index contributed by atoms with van der Waals surface area (Å²) in [7, 11) is 0. The van der Waals surface area contributed by atoms with Gasteiger partial charge >= 0.3 is 0 Å². The van der Waals surface area contributed by atoms with Crippen LogP contribution in [0.3, 0.4) is 0 Å². The number of aryl methyl sites for hydroxylation is 1. The molecule has 2 aliphatic rings. The molecule has 1 amide bonds. The van der Waals surface area contributed by atoms with E-state index in [9.17, 15) is 13.6 Å². The predicted molar refractivity (Wildman–Crippen MR) is 97.8 cm³/mol. The van der Waals surface area contributed by atoms with Gasteiger partial charge < -0.3 is 9.14 Å². The summed E-state index contributed by atoms with van der Waals surface area (Å²) in [5.74, 6) is -0.980. The second kappa shape index (κ2) is 5.51. The minimum atomic E-state index is -0.962. The Hall–Kier alpha value is -2.48. The number of ether oxygens (including phenoxy) is 1. The maximum absolute atomic E-state index is 14.3. The molecule has 1 aliphatic carbocycles.